The van der Waals surface area contributed by atoms with Gasteiger partial charge in [0, 0.05) is 36.8 Å². The first-order chi connectivity index (χ1) is 18.6. The van der Waals surface area contributed by atoms with E-state index >= 15 is 0 Å². The molecule has 2 N–H and O–H groups in total. The largest absolute Gasteiger partial charge is 0.480 e. The molecule has 1 unspecified atom stereocenters. The van der Waals surface area contributed by atoms with E-state index in [1.54, 1.807) is 0 Å². The number of hydrogen-bond acceptors (Lipinski definition) is 5. The monoisotopic (exact) mass is 525 g/mol. The molecule has 1 saturated carbocycles. The highest BCUT2D eigenvalue weighted by molar-refractivity contribution is 7.09. The number of rotatable bonds is 10. The van der Waals surface area contributed by atoms with Crippen molar-refractivity contribution in [3.63, 3.8) is 0 Å². The van der Waals surface area contributed by atoms with Crippen molar-refractivity contribution < 1.29 is 9.90 Å². The number of nitrogens with one attached hydrogen (secondary N) is 1. The van der Waals surface area contributed by atoms with Gasteiger partial charge >= 0.3 is 5.97 Å². The van der Waals surface area contributed by atoms with Crippen LogP contribution in [0.15, 0.2) is 84.2 Å². The van der Waals surface area contributed by atoms with Gasteiger partial charge in [0.2, 0.25) is 0 Å². The highest BCUT2D eigenvalue weighted by atomic mass is 32.1. The second-order valence-corrected chi connectivity index (χ2v) is 11.1. The van der Waals surface area contributed by atoms with Crippen molar-refractivity contribution in [2.24, 2.45) is 0 Å². The Labute approximate surface area is 229 Å². The lowest BCUT2D eigenvalue weighted by molar-refractivity contribution is -0.139. The van der Waals surface area contributed by atoms with Crippen molar-refractivity contribution in [3.05, 3.63) is 106 Å². The SMILES string of the molecule is CN(Cc1ccc(C2CCCCC2)cc1)c1ccc(-c2csc(CNC(C(=O)O)c3ccccc3)n2)cc1. The van der Waals surface area contributed by atoms with Crippen molar-refractivity contribution in [2.45, 2.75) is 57.2 Å². The molecule has 0 amide bonds. The molecule has 1 atom stereocenters. The summed E-state index contributed by atoms with van der Waals surface area (Å²) in [6.07, 6.45) is 6.78. The number of hydrogen-bond donors (Lipinski definition) is 2. The highest BCUT2D eigenvalue weighted by Gasteiger charge is 2.19. The topological polar surface area (TPSA) is 65.5 Å². The molecule has 1 fully saturated rings. The summed E-state index contributed by atoms with van der Waals surface area (Å²) in [7, 11) is 2.13. The summed E-state index contributed by atoms with van der Waals surface area (Å²) in [6.45, 7) is 1.26. The third kappa shape index (κ3) is 6.50. The third-order valence-corrected chi connectivity index (χ3v) is 8.32. The van der Waals surface area contributed by atoms with Crippen molar-refractivity contribution in [2.75, 3.05) is 11.9 Å². The van der Waals surface area contributed by atoms with Crippen LogP contribution in [-0.2, 0) is 17.9 Å². The van der Waals surface area contributed by atoms with Crippen LogP contribution in [0.1, 0.15) is 65.8 Å². The lowest BCUT2D eigenvalue weighted by Gasteiger charge is -2.23. The smallest absolute Gasteiger partial charge is 0.325 e. The number of aliphatic carboxylic acids is 1. The van der Waals surface area contributed by atoms with Gasteiger partial charge in [-0.05, 0) is 47.6 Å². The normalized spacial score (nSPS) is 14.8. The number of carbonyl (C=O) groups is 1. The van der Waals surface area contributed by atoms with E-state index in [-0.39, 0.29) is 0 Å². The maximum Gasteiger partial charge on any atom is 0.325 e. The predicted molar refractivity (Wildman–Crippen MR) is 156 cm³/mol. The fourth-order valence-corrected chi connectivity index (χ4v) is 6.04. The number of carboxylic acids is 1. The minimum atomic E-state index is -0.896. The van der Waals surface area contributed by atoms with Gasteiger partial charge in [-0.15, -0.1) is 11.3 Å². The summed E-state index contributed by atoms with van der Waals surface area (Å²) in [5.74, 6) is -0.152. The van der Waals surface area contributed by atoms with Crippen LogP contribution in [0.25, 0.3) is 11.3 Å². The third-order valence-electron chi connectivity index (χ3n) is 7.47. The van der Waals surface area contributed by atoms with E-state index in [0.29, 0.717) is 6.54 Å². The molecule has 4 aromatic rings. The first kappa shape index (κ1) is 26.1. The van der Waals surface area contributed by atoms with Crippen molar-refractivity contribution >= 4 is 23.0 Å². The van der Waals surface area contributed by atoms with Gasteiger partial charge in [0.05, 0.1) is 5.69 Å². The van der Waals surface area contributed by atoms with Gasteiger partial charge < -0.3 is 10.0 Å². The number of carboxylic acid groups (broad SMARTS) is 1. The van der Waals surface area contributed by atoms with Gasteiger partial charge in [-0.1, -0.05) is 86.0 Å². The van der Waals surface area contributed by atoms with Gasteiger partial charge in [-0.3, -0.25) is 10.1 Å². The number of nitrogens with zero attached hydrogens (tertiary/aromatic N) is 2. The Morgan fingerprint density at radius 3 is 2.39 bits per heavy atom. The Kier molecular flexibility index (Phi) is 8.51. The van der Waals surface area contributed by atoms with Crippen LogP contribution in [0.2, 0.25) is 0 Å². The molecule has 3 aromatic carbocycles. The van der Waals surface area contributed by atoms with Crippen LogP contribution < -0.4 is 10.2 Å². The maximum atomic E-state index is 11.7. The summed E-state index contributed by atoms with van der Waals surface area (Å²) < 4.78 is 0. The van der Waals surface area contributed by atoms with Gasteiger partial charge in [0.1, 0.15) is 11.0 Å². The second kappa shape index (κ2) is 12.4. The second-order valence-electron chi connectivity index (χ2n) is 10.2. The first-order valence-corrected chi connectivity index (χ1v) is 14.3. The average molecular weight is 526 g/mol. The fraction of sp³-hybridized carbons (Fsp3) is 0.312. The molecule has 6 heteroatoms. The van der Waals surface area contributed by atoms with Crippen LogP contribution in [0.3, 0.4) is 0 Å². The maximum absolute atomic E-state index is 11.7. The number of anilines is 1. The molecule has 0 saturated heterocycles. The van der Waals surface area contributed by atoms with E-state index in [2.05, 4.69) is 65.8 Å². The minimum absolute atomic E-state index is 0.400. The molecular formula is C32H35N3O2S. The van der Waals surface area contributed by atoms with Crippen molar-refractivity contribution in [1.82, 2.24) is 10.3 Å². The Bertz CT molecular complexity index is 1310. The van der Waals surface area contributed by atoms with Gasteiger partial charge in [0.15, 0.2) is 0 Å². The molecule has 1 aliphatic rings. The number of aromatic nitrogens is 1. The molecule has 0 spiro atoms. The molecule has 5 nitrogen and oxygen atoms in total. The van der Waals surface area contributed by atoms with Crippen molar-refractivity contribution in [3.8, 4) is 11.3 Å². The zero-order valence-corrected chi connectivity index (χ0v) is 22.7. The Balaban J connectivity index is 1.17. The predicted octanol–water partition coefficient (Wildman–Crippen LogP) is 7.41. The summed E-state index contributed by atoms with van der Waals surface area (Å²) in [5, 5.41) is 15.7. The van der Waals surface area contributed by atoms with Crippen LogP contribution in [0.5, 0.6) is 0 Å². The molecule has 1 aromatic heterocycles. The van der Waals surface area contributed by atoms with E-state index in [1.165, 1.54) is 54.6 Å². The molecule has 0 radical (unpaired) electrons. The standard InChI is InChI=1S/C32H35N3O2S/c1-35(21-23-12-14-25(15-13-23)24-8-4-2-5-9-24)28-18-16-26(17-19-28)29-22-38-30(34-29)20-33-31(32(36)37)27-10-6-3-7-11-27/h3,6-7,10-19,22,24,31,33H,2,4-5,8-9,20-21H2,1H3,(H,36,37). The zero-order valence-electron chi connectivity index (χ0n) is 21.8. The summed E-state index contributed by atoms with van der Waals surface area (Å²) in [6, 6.07) is 26.2. The molecule has 5 rings (SSSR count). The molecule has 0 aliphatic heterocycles. The fourth-order valence-electron chi connectivity index (χ4n) is 5.29. The summed E-state index contributed by atoms with van der Waals surface area (Å²) in [4.78, 5) is 18.8. The first-order valence-electron chi connectivity index (χ1n) is 13.4. The van der Waals surface area contributed by atoms with Crippen molar-refractivity contribution in [1.29, 1.82) is 0 Å². The molecule has 1 aliphatic carbocycles. The van der Waals surface area contributed by atoms with Gasteiger partial charge in [-0.25, -0.2) is 4.98 Å². The van der Waals surface area contributed by atoms with Gasteiger partial charge in [-0.2, -0.15) is 0 Å². The molecular weight excluding hydrogens is 490 g/mol. The van der Waals surface area contributed by atoms with E-state index in [4.69, 9.17) is 4.98 Å². The lowest BCUT2D eigenvalue weighted by Crippen LogP contribution is -2.28. The quantitative estimate of drug-likeness (QED) is 0.226. The van der Waals surface area contributed by atoms with Gasteiger partial charge in [0.25, 0.3) is 0 Å². The summed E-state index contributed by atoms with van der Waals surface area (Å²) >= 11 is 1.54. The molecule has 196 valence electrons. The Hall–Kier alpha value is -3.48. The molecule has 0 bridgehead atoms. The van der Waals surface area contributed by atoms with E-state index in [0.717, 1.165) is 40.0 Å². The molecule has 1 heterocycles. The van der Waals surface area contributed by atoms with E-state index in [1.807, 2.05) is 35.7 Å². The Morgan fingerprint density at radius 2 is 1.71 bits per heavy atom. The van der Waals surface area contributed by atoms with Crippen LogP contribution in [0.4, 0.5) is 5.69 Å². The van der Waals surface area contributed by atoms with E-state index in [9.17, 15) is 9.90 Å². The summed E-state index contributed by atoms with van der Waals surface area (Å²) in [5.41, 5.74) is 6.68. The number of thiazole rings is 1. The molecule has 38 heavy (non-hydrogen) atoms. The zero-order chi connectivity index (χ0) is 26.3. The average Bonchev–Trinajstić information content (AvgIpc) is 3.43. The van der Waals surface area contributed by atoms with Crippen LogP contribution >= 0.6 is 11.3 Å². The van der Waals surface area contributed by atoms with E-state index < -0.39 is 12.0 Å². The minimum Gasteiger partial charge on any atom is -0.480 e. The number of benzene rings is 3. The highest BCUT2D eigenvalue weighted by Crippen LogP contribution is 2.33. The van der Waals surface area contributed by atoms with Crippen LogP contribution in [0, 0.1) is 0 Å². The lowest BCUT2D eigenvalue weighted by atomic mass is 9.84. The Morgan fingerprint density at radius 1 is 1.00 bits per heavy atom. The van der Waals surface area contributed by atoms with Crippen LogP contribution in [-0.4, -0.2) is 23.1 Å².